The van der Waals surface area contributed by atoms with Crippen LogP contribution < -0.4 is 4.90 Å². The van der Waals surface area contributed by atoms with E-state index in [-0.39, 0.29) is 11.9 Å². The molecular weight excluding hydrogens is 204 g/mol. The van der Waals surface area contributed by atoms with Gasteiger partial charge in [-0.25, -0.2) is 0 Å². The van der Waals surface area contributed by atoms with Crippen molar-refractivity contribution >= 4 is 11.5 Å². The van der Waals surface area contributed by atoms with E-state index in [0.29, 0.717) is 24.2 Å². The van der Waals surface area contributed by atoms with Gasteiger partial charge in [-0.1, -0.05) is 0 Å². The van der Waals surface area contributed by atoms with Crippen molar-refractivity contribution < 1.29 is 9.90 Å². The quantitative estimate of drug-likeness (QED) is 0.747. The average molecular weight is 216 g/mol. The maximum atomic E-state index is 11.2. The zero-order chi connectivity index (χ0) is 11.7. The highest BCUT2D eigenvalue weighted by atomic mass is 16.3. The lowest BCUT2D eigenvalue weighted by Crippen LogP contribution is -2.51. The number of hydrogen-bond donors (Lipinski definition) is 1. The Bertz CT molecular complexity index is 470. The number of Topliss-reactive ketones (excluding diaryl/α,β-unsaturated/α-hetero) is 1. The standard InChI is InChI=1S/C12H12N2O2/c1-8(15)9-2-3-10(5-13)12(4-9)14-6-11(16)7-14/h2-4,11,16H,6-7H2,1H3. The average Bonchev–Trinajstić information content (AvgIpc) is 2.24. The van der Waals surface area contributed by atoms with Crippen LogP contribution in [0.15, 0.2) is 18.2 Å². The number of aliphatic hydroxyl groups is 1. The molecule has 1 aliphatic heterocycles. The summed E-state index contributed by atoms with van der Waals surface area (Å²) in [5, 5.41) is 18.2. The van der Waals surface area contributed by atoms with Crippen LogP contribution in [0.3, 0.4) is 0 Å². The number of rotatable bonds is 2. The molecule has 1 aromatic rings. The van der Waals surface area contributed by atoms with E-state index in [4.69, 9.17) is 5.26 Å². The Balaban J connectivity index is 2.37. The second-order valence-corrected chi connectivity index (χ2v) is 3.96. The number of ketones is 1. The number of anilines is 1. The zero-order valence-corrected chi connectivity index (χ0v) is 8.97. The Hall–Kier alpha value is -1.86. The highest BCUT2D eigenvalue weighted by molar-refractivity contribution is 5.95. The smallest absolute Gasteiger partial charge is 0.159 e. The summed E-state index contributed by atoms with van der Waals surface area (Å²) in [6, 6.07) is 7.11. The summed E-state index contributed by atoms with van der Waals surface area (Å²) in [4.78, 5) is 13.1. The summed E-state index contributed by atoms with van der Waals surface area (Å²) >= 11 is 0. The van der Waals surface area contributed by atoms with Gasteiger partial charge in [0.25, 0.3) is 0 Å². The van der Waals surface area contributed by atoms with Gasteiger partial charge in [-0.15, -0.1) is 0 Å². The Morgan fingerprint density at radius 1 is 1.56 bits per heavy atom. The molecule has 4 nitrogen and oxygen atoms in total. The molecule has 0 radical (unpaired) electrons. The number of β-amino-alcohol motifs (C(OH)–C–C–N with tert-alkyl or cyclic N) is 1. The first-order chi connectivity index (χ1) is 7.61. The van der Waals surface area contributed by atoms with Crippen LogP contribution in [-0.4, -0.2) is 30.1 Å². The highest BCUT2D eigenvalue weighted by Crippen LogP contribution is 2.26. The van der Waals surface area contributed by atoms with Gasteiger partial charge in [-0.05, 0) is 25.1 Å². The van der Waals surface area contributed by atoms with E-state index in [1.54, 1.807) is 18.2 Å². The third-order valence-electron chi connectivity index (χ3n) is 2.73. The molecule has 0 bridgehead atoms. The topological polar surface area (TPSA) is 64.3 Å². The summed E-state index contributed by atoms with van der Waals surface area (Å²) in [5.74, 6) is -0.0215. The molecule has 0 aliphatic carbocycles. The molecule has 1 N–H and O–H groups in total. The van der Waals surface area contributed by atoms with Gasteiger partial charge in [0.15, 0.2) is 5.78 Å². The SMILES string of the molecule is CC(=O)c1ccc(C#N)c(N2CC(O)C2)c1. The van der Waals surface area contributed by atoms with Crippen LogP contribution in [0.1, 0.15) is 22.8 Å². The summed E-state index contributed by atoms with van der Waals surface area (Å²) in [6.45, 7) is 2.54. The molecule has 1 saturated heterocycles. The van der Waals surface area contributed by atoms with Crippen molar-refractivity contribution in [3.63, 3.8) is 0 Å². The van der Waals surface area contributed by atoms with Gasteiger partial charge in [0.2, 0.25) is 0 Å². The van der Waals surface area contributed by atoms with Gasteiger partial charge in [-0.2, -0.15) is 5.26 Å². The van der Waals surface area contributed by atoms with E-state index in [2.05, 4.69) is 6.07 Å². The summed E-state index contributed by atoms with van der Waals surface area (Å²) in [7, 11) is 0. The predicted octanol–water partition coefficient (Wildman–Crippen LogP) is 0.942. The van der Waals surface area contributed by atoms with E-state index in [1.165, 1.54) is 6.92 Å². The molecular formula is C12H12N2O2. The molecule has 0 unspecified atom stereocenters. The number of nitrogens with zero attached hydrogens (tertiary/aromatic N) is 2. The Kier molecular flexibility index (Phi) is 2.63. The molecule has 0 atom stereocenters. The number of aliphatic hydroxyl groups excluding tert-OH is 1. The fraction of sp³-hybridized carbons (Fsp3) is 0.333. The van der Waals surface area contributed by atoms with Crippen molar-refractivity contribution in [3.05, 3.63) is 29.3 Å². The molecule has 1 aromatic carbocycles. The molecule has 82 valence electrons. The van der Waals surface area contributed by atoms with Crippen molar-refractivity contribution in [2.75, 3.05) is 18.0 Å². The zero-order valence-electron chi connectivity index (χ0n) is 8.97. The van der Waals surface area contributed by atoms with Gasteiger partial charge >= 0.3 is 0 Å². The van der Waals surface area contributed by atoms with Crippen LogP contribution in [0.5, 0.6) is 0 Å². The van der Waals surface area contributed by atoms with E-state index >= 15 is 0 Å². The van der Waals surface area contributed by atoms with Crippen molar-refractivity contribution in [1.29, 1.82) is 5.26 Å². The summed E-state index contributed by atoms with van der Waals surface area (Å²) in [6.07, 6.45) is -0.326. The Morgan fingerprint density at radius 2 is 2.25 bits per heavy atom. The summed E-state index contributed by atoms with van der Waals surface area (Å²) < 4.78 is 0. The van der Waals surface area contributed by atoms with Crippen molar-refractivity contribution in [3.8, 4) is 6.07 Å². The highest BCUT2D eigenvalue weighted by Gasteiger charge is 2.26. The fourth-order valence-corrected chi connectivity index (χ4v) is 1.76. The normalized spacial score (nSPS) is 15.4. The molecule has 0 amide bonds. The minimum Gasteiger partial charge on any atom is -0.389 e. The minimum atomic E-state index is -0.326. The number of carbonyl (C=O) groups is 1. The molecule has 16 heavy (non-hydrogen) atoms. The van der Waals surface area contributed by atoms with Crippen LogP contribution >= 0.6 is 0 Å². The molecule has 0 spiro atoms. The monoisotopic (exact) mass is 216 g/mol. The van der Waals surface area contributed by atoms with Gasteiger partial charge in [0, 0.05) is 18.7 Å². The first-order valence-electron chi connectivity index (χ1n) is 5.10. The van der Waals surface area contributed by atoms with Crippen molar-refractivity contribution in [2.24, 2.45) is 0 Å². The molecule has 2 rings (SSSR count). The van der Waals surface area contributed by atoms with Crippen LogP contribution in [0, 0.1) is 11.3 Å². The molecule has 0 saturated carbocycles. The van der Waals surface area contributed by atoms with Gasteiger partial charge < -0.3 is 10.0 Å². The molecule has 1 heterocycles. The maximum Gasteiger partial charge on any atom is 0.159 e. The lowest BCUT2D eigenvalue weighted by Gasteiger charge is -2.38. The first kappa shape index (κ1) is 10.7. The van der Waals surface area contributed by atoms with Crippen LogP contribution in [0.25, 0.3) is 0 Å². The molecule has 1 aliphatic rings. The van der Waals surface area contributed by atoms with E-state index in [0.717, 1.165) is 5.69 Å². The van der Waals surface area contributed by atoms with E-state index < -0.39 is 0 Å². The Labute approximate surface area is 93.7 Å². The van der Waals surface area contributed by atoms with Crippen LogP contribution in [0.4, 0.5) is 5.69 Å². The summed E-state index contributed by atoms with van der Waals surface area (Å²) in [5.41, 5.74) is 1.87. The van der Waals surface area contributed by atoms with Crippen molar-refractivity contribution in [1.82, 2.24) is 0 Å². The van der Waals surface area contributed by atoms with Gasteiger partial charge in [0.05, 0.1) is 17.4 Å². The molecule has 0 aromatic heterocycles. The minimum absolute atomic E-state index is 0.0215. The second kappa shape index (κ2) is 3.95. The lowest BCUT2D eigenvalue weighted by molar-refractivity contribution is 0.101. The first-order valence-corrected chi connectivity index (χ1v) is 5.10. The Morgan fingerprint density at radius 3 is 2.75 bits per heavy atom. The fourth-order valence-electron chi connectivity index (χ4n) is 1.76. The third-order valence-corrected chi connectivity index (χ3v) is 2.73. The number of hydrogen-bond acceptors (Lipinski definition) is 4. The van der Waals surface area contributed by atoms with Crippen LogP contribution in [0.2, 0.25) is 0 Å². The molecule has 1 fully saturated rings. The van der Waals surface area contributed by atoms with E-state index in [9.17, 15) is 9.90 Å². The van der Waals surface area contributed by atoms with E-state index in [1.807, 2.05) is 4.90 Å². The number of nitriles is 1. The number of carbonyl (C=O) groups excluding carboxylic acids is 1. The van der Waals surface area contributed by atoms with Crippen molar-refractivity contribution in [2.45, 2.75) is 13.0 Å². The van der Waals surface area contributed by atoms with Crippen LogP contribution in [-0.2, 0) is 0 Å². The maximum absolute atomic E-state index is 11.2. The van der Waals surface area contributed by atoms with Gasteiger partial charge in [0.1, 0.15) is 6.07 Å². The number of benzene rings is 1. The lowest BCUT2D eigenvalue weighted by atomic mass is 10.0. The largest absolute Gasteiger partial charge is 0.389 e. The van der Waals surface area contributed by atoms with Gasteiger partial charge in [-0.3, -0.25) is 4.79 Å². The predicted molar refractivity (Wildman–Crippen MR) is 59.4 cm³/mol. The third kappa shape index (κ3) is 1.77. The molecule has 4 heteroatoms. The second-order valence-electron chi connectivity index (χ2n) is 3.96.